The number of Topliss-reactive ketones (excluding diaryl/α,β-unsaturated/α-hetero) is 1. The molecule has 0 fully saturated rings. The van der Waals surface area contributed by atoms with Crippen molar-refractivity contribution in [1.82, 2.24) is 4.90 Å². The Labute approximate surface area is 123 Å². The Kier molecular flexibility index (Phi) is 2.67. The molecule has 2 aliphatic heterocycles. The zero-order valence-corrected chi connectivity index (χ0v) is 11.6. The van der Waals surface area contributed by atoms with Crippen molar-refractivity contribution in [2.24, 2.45) is 0 Å². The van der Waals surface area contributed by atoms with Crippen LogP contribution in [0.1, 0.15) is 44.3 Å². The highest BCUT2D eigenvalue weighted by Crippen LogP contribution is 2.38. The molecule has 1 unspecified atom stereocenters. The molecule has 0 radical (unpaired) electrons. The van der Waals surface area contributed by atoms with Crippen LogP contribution < -0.4 is 0 Å². The summed E-state index contributed by atoms with van der Waals surface area (Å²) in [6.45, 7) is 0.669. The highest BCUT2D eigenvalue weighted by atomic mass is 16.2. The van der Waals surface area contributed by atoms with Gasteiger partial charge in [-0.3, -0.25) is 9.59 Å². The van der Waals surface area contributed by atoms with Gasteiger partial charge >= 0.3 is 0 Å². The van der Waals surface area contributed by atoms with Crippen LogP contribution >= 0.6 is 0 Å². The van der Waals surface area contributed by atoms with Crippen LogP contribution in [0.3, 0.4) is 0 Å². The predicted octanol–water partition coefficient (Wildman–Crippen LogP) is 3.01. The van der Waals surface area contributed by atoms with Crippen LogP contribution in [0.15, 0.2) is 48.5 Å². The zero-order chi connectivity index (χ0) is 14.4. The first kappa shape index (κ1) is 12.3. The van der Waals surface area contributed by atoms with Crippen LogP contribution in [0.5, 0.6) is 0 Å². The maximum Gasteiger partial charge on any atom is 0.254 e. The van der Waals surface area contributed by atoms with Crippen LogP contribution in [-0.2, 0) is 6.42 Å². The minimum atomic E-state index is -0.102. The van der Waals surface area contributed by atoms with E-state index in [2.05, 4.69) is 0 Å². The van der Waals surface area contributed by atoms with Crippen molar-refractivity contribution in [3.63, 3.8) is 0 Å². The molecule has 0 aliphatic carbocycles. The first-order valence-electron chi connectivity index (χ1n) is 7.27. The summed E-state index contributed by atoms with van der Waals surface area (Å²) in [6, 6.07) is 15.3. The maximum atomic E-state index is 12.6. The number of carbonyl (C=O) groups is 2. The van der Waals surface area contributed by atoms with E-state index in [0.29, 0.717) is 13.0 Å². The molecule has 2 aliphatic rings. The molecule has 2 aromatic rings. The highest BCUT2D eigenvalue weighted by Gasteiger charge is 2.38. The summed E-state index contributed by atoms with van der Waals surface area (Å²) in [5, 5.41) is 0. The fraction of sp³-hybridized carbons (Fsp3) is 0.222. The zero-order valence-electron chi connectivity index (χ0n) is 11.6. The van der Waals surface area contributed by atoms with Crippen LogP contribution in [0, 0.1) is 0 Å². The van der Waals surface area contributed by atoms with Gasteiger partial charge in [-0.1, -0.05) is 42.5 Å². The van der Waals surface area contributed by atoms with Gasteiger partial charge in [-0.05, 0) is 23.6 Å². The Balaban J connectivity index is 1.80. The summed E-state index contributed by atoms with van der Waals surface area (Å²) in [6.07, 6.45) is 1.11. The summed E-state index contributed by atoms with van der Waals surface area (Å²) < 4.78 is 0. The molecule has 21 heavy (non-hydrogen) atoms. The fourth-order valence-corrected chi connectivity index (χ4v) is 3.46. The normalized spacial score (nSPS) is 20.4. The third-order valence-electron chi connectivity index (χ3n) is 4.51. The number of rotatable bonds is 0. The minimum absolute atomic E-state index is 0.0581. The van der Waals surface area contributed by atoms with Gasteiger partial charge in [0.1, 0.15) is 0 Å². The average molecular weight is 277 g/mol. The molecular formula is C18H15NO2. The molecule has 1 amide bonds. The van der Waals surface area contributed by atoms with E-state index < -0.39 is 0 Å². The summed E-state index contributed by atoms with van der Waals surface area (Å²) in [7, 11) is 0. The van der Waals surface area contributed by atoms with Gasteiger partial charge < -0.3 is 4.90 Å². The van der Waals surface area contributed by atoms with E-state index >= 15 is 0 Å². The molecule has 0 saturated heterocycles. The molecule has 104 valence electrons. The molecule has 0 spiro atoms. The van der Waals surface area contributed by atoms with Crippen molar-refractivity contribution in [2.75, 3.05) is 6.54 Å². The Bertz CT molecular complexity index is 750. The van der Waals surface area contributed by atoms with Crippen LogP contribution in [-0.4, -0.2) is 23.1 Å². The molecule has 0 aromatic heterocycles. The SMILES string of the molecule is O=C1CC2c3ccccc3C(=O)N2CCc2ccccc21. The average Bonchev–Trinajstić information content (AvgIpc) is 2.76. The number of hydrogen-bond donors (Lipinski definition) is 0. The predicted molar refractivity (Wildman–Crippen MR) is 79.3 cm³/mol. The lowest BCUT2D eigenvalue weighted by Gasteiger charge is -2.28. The summed E-state index contributed by atoms with van der Waals surface area (Å²) >= 11 is 0. The standard InChI is InChI=1S/C18H15NO2/c20-17-11-16-14-7-3-4-8-15(14)18(21)19(16)10-9-12-5-1-2-6-13(12)17/h1-8,16H,9-11H2. The maximum absolute atomic E-state index is 12.6. The number of amides is 1. The van der Waals surface area contributed by atoms with E-state index in [1.165, 1.54) is 0 Å². The number of benzene rings is 2. The second-order valence-corrected chi connectivity index (χ2v) is 5.64. The summed E-state index contributed by atoms with van der Waals surface area (Å²) in [5.41, 5.74) is 3.61. The third-order valence-corrected chi connectivity index (χ3v) is 4.51. The van der Waals surface area contributed by atoms with Crippen LogP contribution in [0.4, 0.5) is 0 Å². The Morgan fingerprint density at radius 1 is 0.905 bits per heavy atom. The summed E-state index contributed by atoms with van der Waals surface area (Å²) in [5.74, 6) is 0.188. The van der Waals surface area contributed by atoms with Crippen molar-refractivity contribution >= 4 is 11.7 Å². The number of carbonyl (C=O) groups excluding carboxylic acids is 2. The number of hydrogen-bond acceptors (Lipinski definition) is 2. The van der Waals surface area contributed by atoms with Gasteiger partial charge in [-0.25, -0.2) is 0 Å². The molecule has 3 nitrogen and oxygen atoms in total. The first-order valence-corrected chi connectivity index (χ1v) is 7.27. The second-order valence-electron chi connectivity index (χ2n) is 5.64. The largest absolute Gasteiger partial charge is 0.331 e. The molecule has 0 bridgehead atoms. The van der Waals surface area contributed by atoms with Gasteiger partial charge in [-0.2, -0.15) is 0 Å². The van der Waals surface area contributed by atoms with Crippen molar-refractivity contribution in [1.29, 1.82) is 0 Å². The smallest absolute Gasteiger partial charge is 0.254 e. The van der Waals surface area contributed by atoms with Crippen molar-refractivity contribution < 1.29 is 9.59 Å². The Morgan fingerprint density at radius 3 is 2.48 bits per heavy atom. The van der Waals surface area contributed by atoms with Crippen molar-refractivity contribution in [3.05, 3.63) is 70.8 Å². The lowest BCUT2D eigenvalue weighted by atomic mass is 9.92. The molecule has 1 atom stereocenters. The quantitative estimate of drug-likeness (QED) is 0.742. The second kappa shape index (κ2) is 4.55. The van der Waals surface area contributed by atoms with E-state index in [0.717, 1.165) is 28.7 Å². The minimum Gasteiger partial charge on any atom is -0.331 e. The Hall–Kier alpha value is -2.42. The molecule has 3 heteroatoms. The number of nitrogens with zero attached hydrogens (tertiary/aromatic N) is 1. The summed E-state index contributed by atoms with van der Waals surface area (Å²) in [4.78, 5) is 27.0. The van der Waals surface area contributed by atoms with E-state index in [1.807, 2.05) is 53.4 Å². The number of fused-ring (bicyclic) bond motifs is 4. The van der Waals surface area contributed by atoms with Gasteiger partial charge in [-0.15, -0.1) is 0 Å². The lowest BCUT2D eigenvalue weighted by Crippen LogP contribution is -2.33. The van der Waals surface area contributed by atoms with Gasteiger partial charge in [0.25, 0.3) is 5.91 Å². The van der Waals surface area contributed by atoms with E-state index in [9.17, 15) is 9.59 Å². The highest BCUT2D eigenvalue weighted by molar-refractivity contribution is 6.02. The molecule has 0 N–H and O–H groups in total. The molecule has 4 rings (SSSR count). The van der Waals surface area contributed by atoms with Crippen molar-refractivity contribution in [2.45, 2.75) is 18.9 Å². The van der Waals surface area contributed by atoms with Gasteiger partial charge in [0.05, 0.1) is 6.04 Å². The van der Waals surface area contributed by atoms with Gasteiger partial charge in [0.15, 0.2) is 5.78 Å². The molecule has 2 aromatic carbocycles. The first-order chi connectivity index (χ1) is 10.3. The third kappa shape index (κ3) is 1.81. The topological polar surface area (TPSA) is 37.4 Å². The van der Waals surface area contributed by atoms with Gasteiger partial charge in [0, 0.05) is 24.1 Å². The van der Waals surface area contributed by atoms with Gasteiger partial charge in [0.2, 0.25) is 0 Å². The Morgan fingerprint density at radius 2 is 1.62 bits per heavy atom. The molecular weight excluding hydrogens is 262 g/mol. The lowest BCUT2D eigenvalue weighted by molar-refractivity contribution is 0.0698. The number of ketones is 1. The molecule has 2 heterocycles. The van der Waals surface area contributed by atoms with E-state index in [-0.39, 0.29) is 17.7 Å². The van der Waals surface area contributed by atoms with Crippen LogP contribution in [0.25, 0.3) is 0 Å². The fourth-order valence-electron chi connectivity index (χ4n) is 3.46. The van der Waals surface area contributed by atoms with Crippen LogP contribution in [0.2, 0.25) is 0 Å². The van der Waals surface area contributed by atoms with E-state index in [4.69, 9.17) is 0 Å². The van der Waals surface area contributed by atoms with Crippen molar-refractivity contribution in [3.8, 4) is 0 Å². The van der Waals surface area contributed by atoms with E-state index in [1.54, 1.807) is 0 Å². The monoisotopic (exact) mass is 277 g/mol. The molecule has 0 saturated carbocycles.